The van der Waals surface area contributed by atoms with Crippen molar-refractivity contribution in [2.24, 2.45) is 0 Å². The van der Waals surface area contributed by atoms with Crippen LogP contribution in [0.3, 0.4) is 0 Å². The van der Waals surface area contributed by atoms with Gasteiger partial charge < -0.3 is 4.90 Å². The van der Waals surface area contributed by atoms with Gasteiger partial charge in [-0.3, -0.25) is 0 Å². The van der Waals surface area contributed by atoms with E-state index in [4.69, 9.17) is 0 Å². The Balaban J connectivity index is 1.21. The van der Waals surface area contributed by atoms with Gasteiger partial charge in [0.25, 0.3) is 0 Å². The minimum absolute atomic E-state index is 0.0407. The van der Waals surface area contributed by atoms with Gasteiger partial charge in [0.1, 0.15) is 0 Å². The molecular formula is C55H51N. The lowest BCUT2D eigenvalue weighted by Crippen LogP contribution is -2.18. The topological polar surface area (TPSA) is 3.24 Å². The molecule has 0 radical (unpaired) electrons. The molecule has 276 valence electrons. The van der Waals surface area contributed by atoms with Gasteiger partial charge in [0.2, 0.25) is 0 Å². The highest BCUT2D eigenvalue weighted by Crippen LogP contribution is 2.59. The van der Waals surface area contributed by atoms with Crippen LogP contribution in [0.1, 0.15) is 97.2 Å². The van der Waals surface area contributed by atoms with Crippen LogP contribution in [0.5, 0.6) is 0 Å². The Morgan fingerprint density at radius 3 is 1.32 bits per heavy atom. The Kier molecular flexibility index (Phi) is 7.26. The molecule has 7 aromatic carbocycles. The van der Waals surface area contributed by atoms with Crippen LogP contribution in [-0.2, 0) is 16.2 Å². The van der Waals surface area contributed by atoms with Crippen molar-refractivity contribution in [2.75, 3.05) is 4.90 Å². The first-order valence-corrected chi connectivity index (χ1v) is 20.3. The molecule has 10 rings (SSSR count). The van der Waals surface area contributed by atoms with Crippen molar-refractivity contribution in [3.8, 4) is 44.5 Å². The molecule has 0 aliphatic heterocycles. The zero-order valence-electron chi connectivity index (χ0n) is 34.6. The first-order valence-electron chi connectivity index (χ1n) is 20.3. The lowest BCUT2D eigenvalue weighted by molar-refractivity contribution is 0.659. The van der Waals surface area contributed by atoms with Gasteiger partial charge in [0.05, 0.1) is 11.4 Å². The zero-order valence-corrected chi connectivity index (χ0v) is 34.6. The lowest BCUT2D eigenvalue weighted by atomic mass is 9.81. The van der Waals surface area contributed by atoms with Gasteiger partial charge in [0.15, 0.2) is 0 Å². The minimum atomic E-state index is -0.116. The molecule has 3 aliphatic rings. The van der Waals surface area contributed by atoms with Crippen LogP contribution in [-0.4, -0.2) is 0 Å². The van der Waals surface area contributed by atoms with Crippen molar-refractivity contribution in [1.82, 2.24) is 0 Å². The van der Waals surface area contributed by atoms with Gasteiger partial charge in [-0.2, -0.15) is 0 Å². The molecule has 1 heteroatoms. The fourth-order valence-corrected chi connectivity index (χ4v) is 10.6. The number of benzene rings is 7. The molecule has 0 atom stereocenters. The summed E-state index contributed by atoms with van der Waals surface area (Å²) in [5.74, 6) is 0. The van der Waals surface area contributed by atoms with E-state index in [1.165, 1.54) is 117 Å². The Hall–Kier alpha value is -5.66. The van der Waals surface area contributed by atoms with Crippen LogP contribution >= 0.6 is 0 Å². The number of aryl methyl sites for hydroxylation is 4. The molecule has 0 amide bonds. The van der Waals surface area contributed by atoms with Crippen molar-refractivity contribution in [1.29, 1.82) is 0 Å². The van der Waals surface area contributed by atoms with E-state index in [1.54, 1.807) is 0 Å². The van der Waals surface area contributed by atoms with Crippen LogP contribution in [0.25, 0.3) is 44.5 Å². The third-order valence-electron chi connectivity index (χ3n) is 13.6. The summed E-state index contributed by atoms with van der Waals surface area (Å²) >= 11 is 0. The predicted molar refractivity (Wildman–Crippen MR) is 238 cm³/mol. The van der Waals surface area contributed by atoms with E-state index in [-0.39, 0.29) is 16.2 Å². The second-order valence-corrected chi connectivity index (χ2v) is 18.6. The van der Waals surface area contributed by atoms with E-state index in [9.17, 15) is 0 Å². The standard InChI is InChI=1S/C55H51N/c1-32-15-22-41-44(25-32)54(7,8)47-27-34(3)29-49(51(41)47)56(50-30-35(4)28-48-52(50)42-23-16-33(2)26-45(42)55(48,9)10)38-20-17-36(18-21-38)37-19-24-40-39-13-11-12-14-43(39)53(5,6)46(40)31-37/h11-31H,1-10H3. The molecule has 0 saturated heterocycles. The van der Waals surface area contributed by atoms with Crippen LogP contribution in [0.2, 0.25) is 0 Å². The number of rotatable bonds is 4. The van der Waals surface area contributed by atoms with Gasteiger partial charge in [-0.25, -0.2) is 0 Å². The third-order valence-corrected chi connectivity index (χ3v) is 13.6. The van der Waals surface area contributed by atoms with E-state index >= 15 is 0 Å². The highest BCUT2D eigenvalue weighted by atomic mass is 15.1. The van der Waals surface area contributed by atoms with Crippen LogP contribution in [0.15, 0.2) is 127 Å². The summed E-state index contributed by atoms with van der Waals surface area (Å²) < 4.78 is 0. The molecule has 3 aliphatic carbocycles. The monoisotopic (exact) mass is 725 g/mol. The van der Waals surface area contributed by atoms with Gasteiger partial charge in [0, 0.05) is 33.1 Å². The number of anilines is 3. The quantitative estimate of drug-likeness (QED) is 0.175. The number of hydrogen-bond donors (Lipinski definition) is 0. The van der Waals surface area contributed by atoms with E-state index in [0.717, 1.165) is 0 Å². The fraction of sp³-hybridized carbons (Fsp3) is 0.236. The number of nitrogens with zero attached hydrogens (tertiary/aromatic N) is 1. The van der Waals surface area contributed by atoms with Gasteiger partial charge >= 0.3 is 0 Å². The molecular weight excluding hydrogens is 675 g/mol. The van der Waals surface area contributed by atoms with Gasteiger partial charge in [-0.15, -0.1) is 0 Å². The summed E-state index contributed by atoms with van der Waals surface area (Å²) in [7, 11) is 0. The molecule has 0 spiro atoms. The molecule has 0 fully saturated rings. The van der Waals surface area contributed by atoms with E-state index in [2.05, 4.69) is 202 Å². The maximum absolute atomic E-state index is 2.60. The third kappa shape index (κ3) is 4.79. The molecule has 0 unspecified atom stereocenters. The average molecular weight is 726 g/mol. The Morgan fingerprint density at radius 2 is 0.768 bits per heavy atom. The molecule has 0 aromatic heterocycles. The number of fused-ring (bicyclic) bond motifs is 9. The normalized spacial score (nSPS) is 15.8. The maximum atomic E-state index is 2.60. The summed E-state index contributed by atoms with van der Waals surface area (Å²) in [6.07, 6.45) is 0. The van der Waals surface area contributed by atoms with Crippen molar-refractivity contribution in [3.05, 3.63) is 183 Å². The van der Waals surface area contributed by atoms with E-state index in [1.807, 2.05) is 0 Å². The lowest BCUT2D eigenvalue weighted by Gasteiger charge is -2.32. The van der Waals surface area contributed by atoms with Crippen LogP contribution in [0, 0.1) is 27.7 Å². The predicted octanol–water partition coefficient (Wildman–Crippen LogP) is 15.0. The van der Waals surface area contributed by atoms with Gasteiger partial charge in [-0.05, 0) is 136 Å². The molecule has 0 heterocycles. The summed E-state index contributed by atoms with van der Waals surface area (Å²) in [5, 5.41) is 0. The van der Waals surface area contributed by atoms with Crippen molar-refractivity contribution < 1.29 is 0 Å². The Morgan fingerprint density at radius 1 is 0.339 bits per heavy atom. The molecule has 1 nitrogen and oxygen atoms in total. The molecule has 0 saturated carbocycles. The smallest absolute Gasteiger partial charge is 0.0546 e. The summed E-state index contributed by atoms with van der Waals surface area (Å²) in [6.45, 7) is 23.3. The average Bonchev–Trinajstić information content (AvgIpc) is 3.64. The first kappa shape index (κ1) is 34.8. The maximum Gasteiger partial charge on any atom is 0.0546 e. The summed E-state index contributed by atoms with van der Waals surface area (Å²) in [6, 6.07) is 49.3. The van der Waals surface area contributed by atoms with Crippen molar-refractivity contribution in [2.45, 2.75) is 85.5 Å². The Labute approximate surface area is 333 Å². The first-order chi connectivity index (χ1) is 26.7. The van der Waals surface area contributed by atoms with E-state index in [0.29, 0.717) is 0 Å². The van der Waals surface area contributed by atoms with Crippen molar-refractivity contribution >= 4 is 17.1 Å². The number of hydrogen-bond acceptors (Lipinski definition) is 1. The largest absolute Gasteiger partial charge is 0.309 e. The Bertz CT molecular complexity index is 2690. The van der Waals surface area contributed by atoms with E-state index < -0.39 is 0 Å². The molecule has 0 N–H and O–H groups in total. The van der Waals surface area contributed by atoms with Gasteiger partial charge in [-0.1, -0.05) is 150 Å². The SMILES string of the molecule is Cc1ccc2c(c1)C(C)(C)c1cc(C)cc(N(c3ccc(-c4ccc5c(c4)C(C)(C)c4ccccc4-5)cc3)c3cc(C)cc4c3-c3ccc(C)cc3C4(C)C)c1-2. The highest BCUT2D eigenvalue weighted by molar-refractivity contribution is 6.01. The summed E-state index contributed by atoms with van der Waals surface area (Å²) in [4.78, 5) is 2.60. The highest BCUT2D eigenvalue weighted by Gasteiger charge is 2.42. The second kappa shape index (κ2) is 11.7. The summed E-state index contributed by atoms with van der Waals surface area (Å²) in [5.41, 5.74) is 27.6. The molecule has 0 bridgehead atoms. The van der Waals surface area contributed by atoms with Crippen molar-refractivity contribution in [3.63, 3.8) is 0 Å². The molecule has 56 heavy (non-hydrogen) atoms. The fourth-order valence-electron chi connectivity index (χ4n) is 10.6. The second-order valence-electron chi connectivity index (χ2n) is 18.6. The minimum Gasteiger partial charge on any atom is -0.309 e. The zero-order chi connectivity index (χ0) is 39.1. The van der Waals surface area contributed by atoms with Crippen LogP contribution in [0.4, 0.5) is 17.1 Å². The molecule has 7 aromatic rings. The van der Waals surface area contributed by atoms with Crippen LogP contribution < -0.4 is 4.90 Å².